The Balaban J connectivity index is 1.38. The van der Waals surface area contributed by atoms with E-state index in [1.54, 1.807) is 0 Å². The maximum absolute atomic E-state index is 6.85. The first kappa shape index (κ1) is 35.3. The summed E-state index contributed by atoms with van der Waals surface area (Å²) in [6.45, 7) is 22.3. The van der Waals surface area contributed by atoms with Gasteiger partial charge >= 0.3 is 0 Å². The fraction of sp³-hybridized carbons (Fsp3) is 0.319. The van der Waals surface area contributed by atoms with Crippen LogP contribution in [0.2, 0.25) is 0 Å². The normalized spacial score (nSPS) is 12.1. The molecule has 5 heteroatoms. The Morgan fingerprint density at radius 3 is 2.19 bits per heavy atom. The van der Waals surface area contributed by atoms with E-state index in [2.05, 4.69) is 163 Å². The Morgan fingerprint density at radius 2 is 1.48 bits per heavy atom. The van der Waals surface area contributed by atoms with Crippen LogP contribution in [0, 0.1) is 33.6 Å². The van der Waals surface area contributed by atoms with Gasteiger partial charge in [0.2, 0.25) is 0 Å². The molecule has 0 fully saturated rings. The van der Waals surface area contributed by atoms with Crippen LogP contribution >= 0.6 is 0 Å². The van der Waals surface area contributed by atoms with Gasteiger partial charge in [-0.3, -0.25) is 4.57 Å². The Labute approximate surface area is 309 Å². The molecule has 7 rings (SSSR count). The Kier molecular flexibility index (Phi) is 9.33. The van der Waals surface area contributed by atoms with Gasteiger partial charge in [0, 0.05) is 34.7 Å². The van der Waals surface area contributed by atoms with Gasteiger partial charge in [-0.25, -0.2) is 9.67 Å². The van der Waals surface area contributed by atoms with Crippen LogP contribution in [0.25, 0.3) is 44.4 Å². The van der Waals surface area contributed by atoms with E-state index in [0.29, 0.717) is 5.92 Å². The first-order valence-corrected chi connectivity index (χ1v) is 18.8. The molecule has 0 saturated carbocycles. The summed E-state index contributed by atoms with van der Waals surface area (Å²) in [5.74, 6) is 2.95. The third-order valence-corrected chi connectivity index (χ3v) is 10.1. The van der Waals surface area contributed by atoms with Crippen molar-refractivity contribution in [3.63, 3.8) is 0 Å². The van der Waals surface area contributed by atoms with Crippen molar-refractivity contribution < 1.29 is 4.74 Å². The number of nitrogens with zero attached hydrogens (tertiary/aromatic N) is 4. The summed E-state index contributed by atoms with van der Waals surface area (Å²) in [7, 11) is 0. The van der Waals surface area contributed by atoms with E-state index in [0.717, 1.165) is 59.0 Å². The molecule has 3 aromatic heterocycles. The van der Waals surface area contributed by atoms with Crippen LogP contribution in [-0.2, 0) is 18.3 Å². The van der Waals surface area contributed by atoms with E-state index in [1.807, 2.05) is 6.20 Å². The zero-order valence-electron chi connectivity index (χ0n) is 32.6. The van der Waals surface area contributed by atoms with E-state index in [-0.39, 0.29) is 5.41 Å². The fourth-order valence-corrected chi connectivity index (χ4v) is 7.88. The highest BCUT2D eigenvalue weighted by Gasteiger charge is 2.24. The summed E-state index contributed by atoms with van der Waals surface area (Å²) < 4.78 is 11.3. The molecule has 0 N–H and O–H groups in total. The van der Waals surface area contributed by atoms with Crippen LogP contribution < -0.4 is 4.74 Å². The number of rotatable bonds is 9. The van der Waals surface area contributed by atoms with Gasteiger partial charge in [-0.05, 0) is 122 Å². The van der Waals surface area contributed by atoms with Gasteiger partial charge in [-0.1, -0.05) is 83.9 Å². The molecule has 0 amide bonds. The Bertz CT molecular complexity index is 2410. The van der Waals surface area contributed by atoms with Crippen molar-refractivity contribution in [2.75, 3.05) is 0 Å². The highest BCUT2D eigenvalue weighted by Crippen LogP contribution is 2.39. The number of hydrogen-bond donors (Lipinski definition) is 0. The molecule has 0 aliphatic heterocycles. The highest BCUT2D eigenvalue weighted by molar-refractivity contribution is 6.09. The molecule has 0 unspecified atom stereocenters. The molecule has 3 heterocycles. The lowest BCUT2D eigenvalue weighted by molar-refractivity contribution is 0.478. The van der Waals surface area contributed by atoms with Crippen LogP contribution in [0.15, 0.2) is 91.1 Å². The molecule has 0 radical (unpaired) electrons. The zero-order valence-corrected chi connectivity index (χ0v) is 32.6. The second-order valence-electron chi connectivity index (χ2n) is 16.1. The van der Waals surface area contributed by atoms with Crippen molar-refractivity contribution in [1.29, 1.82) is 0 Å². The number of para-hydroxylation sites is 1. The number of aryl methyl sites for hydroxylation is 5. The fourth-order valence-electron chi connectivity index (χ4n) is 7.88. The van der Waals surface area contributed by atoms with Gasteiger partial charge in [0.1, 0.15) is 17.3 Å². The van der Waals surface area contributed by atoms with Gasteiger partial charge in [-0.2, -0.15) is 5.10 Å². The smallest absolute Gasteiger partial charge is 0.137 e. The van der Waals surface area contributed by atoms with Gasteiger partial charge in [0.25, 0.3) is 0 Å². The van der Waals surface area contributed by atoms with E-state index < -0.39 is 0 Å². The molecular formula is C47H52N4O. The standard InChI is InChI=1S/C47H52N4O/c1-11-14-34-19-20-48-44(24-34)50-41-16-13-12-15-39(41)40-18-17-37(28-42(40)50)52-38-26-35(47(8,9)10)25-36(27-38)51-43(21-29(2)3)46(33(7)49-51)45-31(5)22-30(4)23-32(45)6/h12-13,15-20,22-29H,11,14,21H2,1-10H3. The van der Waals surface area contributed by atoms with E-state index >= 15 is 0 Å². The van der Waals surface area contributed by atoms with Crippen LogP contribution in [0.5, 0.6) is 11.5 Å². The monoisotopic (exact) mass is 688 g/mol. The van der Waals surface area contributed by atoms with Crippen molar-refractivity contribution in [3.8, 4) is 34.1 Å². The van der Waals surface area contributed by atoms with Crippen LogP contribution in [0.4, 0.5) is 0 Å². The topological polar surface area (TPSA) is 44.9 Å². The van der Waals surface area contributed by atoms with Gasteiger partial charge in [0.15, 0.2) is 0 Å². The number of ether oxygens (including phenoxy) is 1. The van der Waals surface area contributed by atoms with Crippen molar-refractivity contribution in [2.45, 2.75) is 93.9 Å². The summed E-state index contributed by atoms with van der Waals surface area (Å²) in [6.07, 6.45) is 4.95. The quantitative estimate of drug-likeness (QED) is 0.152. The minimum atomic E-state index is -0.104. The largest absolute Gasteiger partial charge is 0.457 e. The zero-order chi connectivity index (χ0) is 36.9. The van der Waals surface area contributed by atoms with Gasteiger partial charge in [0.05, 0.1) is 28.1 Å². The van der Waals surface area contributed by atoms with Crippen molar-refractivity contribution >= 4 is 21.8 Å². The molecule has 266 valence electrons. The van der Waals surface area contributed by atoms with E-state index in [1.165, 1.54) is 55.4 Å². The predicted molar refractivity (Wildman–Crippen MR) is 218 cm³/mol. The van der Waals surface area contributed by atoms with Gasteiger partial charge < -0.3 is 4.74 Å². The molecule has 7 aromatic rings. The average molecular weight is 689 g/mol. The number of fused-ring (bicyclic) bond motifs is 3. The third kappa shape index (κ3) is 6.65. The van der Waals surface area contributed by atoms with Crippen molar-refractivity contribution in [1.82, 2.24) is 19.3 Å². The van der Waals surface area contributed by atoms with Crippen LogP contribution in [-0.4, -0.2) is 19.3 Å². The SMILES string of the molecule is CCCc1ccnc(-n2c3ccccc3c3ccc(Oc4cc(-n5nc(C)c(-c6c(C)cc(C)cc6C)c5CC(C)C)cc(C(C)(C)C)c4)cc32)c1. The van der Waals surface area contributed by atoms with Gasteiger partial charge in [-0.15, -0.1) is 0 Å². The number of pyridine rings is 1. The molecular weight excluding hydrogens is 637 g/mol. The maximum atomic E-state index is 6.85. The van der Waals surface area contributed by atoms with E-state index in [9.17, 15) is 0 Å². The van der Waals surface area contributed by atoms with Crippen molar-refractivity contribution in [2.24, 2.45) is 5.92 Å². The minimum Gasteiger partial charge on any atom is -0.457 e. The Morgan fingerprint density at radius 1 is 0.750 bits per heavy atom. The maximum Gasteiger partial charge on any atom is 0.137 e. The molecule has 52 heavy (non-hydrogen) atoms. The van der Waals surface area contributed by atoms with Crippen LogP contribution in [0.1, 0.15) is 87.2 Å². The molecule has 5 nitrogen and oxygen atoms in total. The second kappa shape index (κ2) is 13.8. The summed E-state index contributed by atoms with van der Waals surface area (Å²) in [4.78, 5) is 4.85. The summed E-state index contributed by atoms with van der Waals surface area (Å²) in [5, 5.41) is 7.64. The third-order valence-electron chi connectivity index (χ3n) is 10.1. The number of benzene rings is 4. The number of aromatic nitrogens is 4. The summed E-state index contributed by atoms with van der Waals surface area (Å²) in [6, 6.07) is 30.6. The minimum absolute atomic E-state index is 0.104. The molecule has 0 saturated heterocycles. The summed E-state index contributed by atoms with van der Waals surface area (Å²) >= 11 is 0. The molecule has 0 aliphatic rings. The molecule has 4 aromatic carbocycles. The van der Waals surface area contributed by atoms with E-state index in [4.69, 9.17) is 14.8 Å². The summed E-state index contributed by atoms with van der Waals surface area (Å²) in [5.41, 5.74) is 14.3. The molecule has 0 spiro atoms. The number of hydrogen-bond acceptors (Lipinski definition) is 3. The first-order chi connectivity index (χ1) is 24.8. The second-order valence-corrected chi connectivity index (χ2v) is 16.1. The molecule has 0 atom stereocenters. The molecule has 0 aliphatic carbocycles. The van der Waals surface area contributed by atoms with Crippen molar-refractivity contribution in [3.05, 3.63) is 130 Å². The van der Waals surface area contributed by atoms with Crippen LogP contribution in [0.3, 0.4) is 0 Å². The molecule has 0 bridgehead atoms. The predicted octanol–water partition coefficient (Wildman–Crippen LogP) is 12.5. The average Bonchev–Trinajstić information content (AvgIpc) is 3.57. The first-order valence-electron chi connectivity index (χ1n) is 18.8. The lowest BCUT2D eigenvalue weighted by atomic mass is 9.86. The Hall–Kier alpha value is -5.16. The highest BCUT2D eigenvalue weighted by atomic mass is 16.5. The lowest BCUT2D eigenvalue weighted by Gasteiger charge is -2.22. The lowest BCUT2D eigenvalue weighted by Crippen LogP contribution is -2.13.